The van der Waals surface area contributed by atoms with Gasteiger partial charge >= 0.3 is 5.97 Å². The lowest BCUT2D eigenvalue weighted by Gasteiger charge is -2.29. The quantitative estimate of drug-likeness (QED) is 0.718. The molecule has 0 saturated heterocycles. The van der Waals surface area contributed by atoms with Crippen molar-refractivity contribution in [2.45, 2.75) is 26.7 Å². The van der Waals surface area contributed by atoms with E-state index in [9.17, 15) is 9.90 Å². The van der Waals surface area contributed by atoms with Gasteiger partial charge in [0.2, 0.25) is 0 Å². The molecule has 6 heteroatoms. The predicted molar refractivity (Wildman–Crippen MR) is 74.8 cm³/mol. The number of aromatic nitrogens is 1. The van der Waals surface area contributed by atoms with E-state index in [1.165, 1.54) is 12.3 Å². The summed E-state index contributed by atoms with van der Waals surface area (Å²) >= 11 is 5.98. The second-order valence-corrected chi connectivity index (χ2v) is 4.99. The van der Waals surface area contributed by atoms with Crippen molar-refractivity contribution in [3.8, 4) is 0 Å². The molecule has 0 aliphatic heterocycles. The second kappa shape index (κ2) is 6.73. The van der Waals surface area contributed by atoms with Gasteiger partial charge in [0.25, 0.3) is 0 Å². The summed E-state index contributed by atoms with van der Waals surface area (Å²) in [5, 5.41) is 21.6. The first-order valence-corrected chi connectivity index (χ1v) is 6.59. The monoisotopic (exact) mass is 286 g/mol. The lowest BCUT2D eigenvalue weighted by atomic mass is 9.83. The SMILES string of the molecule is CCC(CC)(CO)CNc1ncc(C(=O)O)cc1Cl. The van der Waals surface area contributed by atoms with Gasteiger partial charge in [-0.05, 0) is 18.9 Å². The van der Waals surface area contributed by atoms with E-state index in [0.29, 0.717) is 12.4 Å². The van der Waals surface area contributed by atoms with Gasteiger partial charge in [-0.2, -0.15) is 0 Å². The zero-order valence-electron chi connectivity index (χ0n) is 11.1. The number of hydrogen-bond acceptors (Lipinski definition) is 4. The fourth-order valence-electron chi connectivity index (χ4n) is 1.74. The fourth-order valence-corrected chi connectivity index (χ4v) is 1.97. The van der Waals surface area contributed by atoms with Crippen LogP contribution in [0.1, 0.15) is 37.0 Å². The van der Waals surface area contributed by atoms with Gasteiger partial charge in [-0.15, -0.1) is 0 Å². The number of aromatic carboxylic acids is 1. The molecule has 0 unspecified atom stereocenters. The fraction of sp³-hybridized carbons (Fsp3) is 0.538. The van der Waals surface area contributed by atoms with Gasteiger partial charge in [0.05, 0.1) is 17.2 Å². The second-order valence-electron chi connectivity index (χ2n) is 4.58. The third-order valence-electron chi connectivity index (χ3n) is 3.55. The predicted octanol–water partition coefficient (Wildman–Crippen LogP) is 2.64. The van der Waals surface area contributed by atoms with Gasteiger partial charge in [0, 0.05) is 18.2 Å². The van der Waals surface area contributed by atoms with E-state index in [1.807, 2.05) is 13.8 Å². The maximum atomic E-state index is 10.8. The van der Waals surface area contributed by atoms with E-state index in [-0.39, 0.29) is 22.6 Å². The lowest BCUT2D eigenvalue weighted by Crippen LogP contribution is -2.32. The molecule has 0 fully saturated rings. The lowest BCUT2D eigenvalue weighted by molar-refractivity contribution is 0.0696. The van der Waals surface area contributed by atoms with Gasteiger partial charge in [-0.25, -0.2) is 9.78 Å². The Bertz CT molecular complexity index is 439. The molecule has 0 bridgehead atoms. The van der Waals surface area contributed by atoms with E-state index in [0.717, 1.165) is 12.8 Å². The van der Waals surface area contributed by atoms with E-state index in [1.54, 1.807) is 0 Å². The van der Waals surface area contributed by atoms with Crippen LogP contribution in [0.25, 0.3) is 0 Å². The molecule has 0 radical (unpaired) electrons. The standard InChI is InChI=1S/C13H19ClN2O3/c1-3-13(4-2,8-17)7-16-11-10(14)5-9(6-15-11)12(18)19/h5-6,17H,3-4,7-8H2,1-2H3,(H,15,16)(H,18,19). The largest absolute Gasteiger partial charge is 0.478 e. The maximum absolute atomic E-state index is 10.8. The van der Waals surface area contributed by atoms with Crippen LogP contribution in [0, 0.1) is 5.41 Å². The highest BCUT2D eigenvalue weighted by Gasteiger charge is 2.25. The maximum Gasteiger partial charge on any atom is 0.337 e. The number of nitrogens with one attached hydrogen (secondary N) is 1. The number of nitrogens with zero attached hydrogens (tertiary/aromatic N) is 1. The van der Waals surface area contributed by atoms with Gasteiger partial charge in [-0.1, -0.05) is 25.4 Å². The number of rotatable bonds is 7. The van der Waals surface area contributed by atoms with Crippen LogP contribution in [0.15, 0.2) is 12.3 Å². The molecule has 0 aromatic carbocycles. The van der Waals surface area contributed by atoms with Crippen LogP contribution in [0.4, 0.5) is 5.82 Å². The van der Waals surface area contributed by atoms with Crippen molar-refractivity contribution in [3.63, 3.8) is 0 Å². The summed E-state index contributed by atoms with van der Waals surface area (Å²) in [6, 6.07) is 1.36. The number of halogens is 1. The average molecular weight is 287 g/mol. The smallest absolute Gasteiger partial charge is 0.337 e. The Hall–Kier alpha value is -1.33. The van der Waals surface area contributed by atoms with Crippen LogP contribution >= 0.6 is 11.6 Å². The number of anilines is 1. The molecule has 1 heterocycles. The highest BCUT2D eigenvalue weighted by Crippen LogP contribution is 2.27. The van der Waals surface area contributed by atoms with Crippen molar-refractivity contribution in [3.05, 3.63) is 22.8 Å². The minimum Gasteiger partial charge on any atom is -0.478 e. The molecule has 0 atom stereocenters. The molecule has 1 aromatic heterocycles. The van der Waals surface area contributed by atoms with E-state index in [4.69, 9.17) is 16.7 Å². The number of carboxylic acid groups (broad SMARTS) is 1. The summed E-state index contributed by atoms with van der Waals surface area (Å²) in [6.45, 7) is 4.65. The van der Waals surface area contributed by atoms with Crippen LogP contribution in [-0.4, -0.2) is 34.3 Å². The van der Waals surface area contributed by atoms with Crippen LogP contribution in [0.5, 0.6) is 0 Å². The molecule has 0 amide bonds. The van der Waals surface area contributed by atoms with Crippen LogP contribution in [0.2, 0.25) is 5.02 Å². The van der Waals surface area contributed by atoms with E-state index < -0.39 is 5.97 Å². The van der Waals surface area contributed by atoms with Crippen LogP contribution in [0.3, 0.4) is 0 Å². The summed E-state index contributed by atoms with van der Waals surface area (Å²) in [6.07, 6.45) is 2.92. The highest BCUT2D eigenvalue weighted by molar-refractivity contribution is 6.33. The van der Waals surface area contributed by atoms with Crippen molar-refractivity contribution in [2.75, 3.05) is 18.5 Å². The summed E-state index contributed by atoms with van der Waals surface area (Å²) in [5.74, 6) is -0.626. The first-order chi connectivity index (χ1) is 8.98. The molecule has 0 aliphatic carbocycles. The van der Waals surface area contributed by atoms with Crippen molar-refractivity contribution in [2.24, 2.45) is 5.41 Å². The van der Waals surface area contributed by atoms with E-state index >= 15 is 0 Å². The molecule has 5 nitrogen and oxygen atoms in total. The minimum atomic E-state index is -1.06. The number of hydrogen-bond donors (Lipinski definition) is 3. The first kappa shape index (κ1) is 15.7. The third-order valence-corrected chi connectivity index (χ3v) is 3.84. The normalized spacial score (nSPS) is 11.4. The molecular weight excluding hydrogens is 268 g/mol. The molecule has 0 spiro atoms. The Morgan fingerprint density at radius 3 is 2.53 bits per heavy atom. The first-order valence-electron chi connectivity index (χ1n) is 6.21. The van der Waals surface area contributed by atoms with Gasteiger partial charge in [-0.3, -0.25) is 0 Å². The Balaban J connectivity index is 2.80. The van der Waals surface area contributed by atoms with E-state index in [2.05, 4.69) is 10.3 Å². The Labute approximate surface area is 117 Å². The number of aliphatic hydroxyl groups is 1. The summed E-state index contributed by atoms with van der Waals surface area (Å²) in [4.78, 5) is 14.8. The third kappa shape index (κ3) is 3.81. The Morgan fingerprint density at radius 2 is 2.11 bits per heavy atom. The van der Waals surface area contributed by atoms with Crippen molar-refractivity contribution < 1.29 is 15.0 Å². The Morgan fingerprint density at radius 1 is 1.47 bits per heavy atom. The van der Waals surface area contributed by atoms with Crippen molar-refractivity contribution >= 4 is 23.4 Å². The summed E-state index contributed by atoms with van der Waals surface area (Å²) in [7, 11) is 0. The Kier molecular flexibility index (Phi) is 5.57. The molecular formula is C13H19ClN2O3. The minimum absolute atomic E-state index is 0.0509. The van der Waals surface area contributed by atoms with Crippen molar-refractivity contribution in [1.29, 1.82) is 0 Å². The number of carbonyl (C=O) groups is 1. The van der Waals surface area contributed by atoms with Crippen LogP contribution in [-0.2, 0) is 0 Å². The van der Waals surface area contributed by atoms with Gasteiger partial charge in [0.1, 0.15) is 5.82 Å². The highest BCUT2D eigenvalue weighted by atomic mass is 35.5. The molecule has 0 aliphatic rings. The molecule has 0 saturated carbocycles. The topological polar surface area (TPSA) is 82.5 Å². The van der Waals surface area contributed by atoms with Gasteiger partial charge in [0.15, 0.2) is 0 Å². The van der Waals surface area contributed by atoms with Crippen LogP contribution < -0.4 is 5.32 Å². The van der Waals surface area contributed by atoms with Crippen molar-refractivity contribution in [1.82, 2.24) is 4.98 Å². The number of aliphatic hydroxyl groups excluding tert-OH is 1. The average Bonchev–Trinajstić information content (AvgIpc) is 2.42. The zero-order valence-corrected chi connectivity index (χ0v) is 11.9. The number of carboxylic acids is 1. The molecule has 19 heavy (non-hydrogen) atoms. The van der Waals surface area contributed by atoms with Gasteiger partial charge < -0.3 is 15.5 Å². The molecule has 106 valence electrons. The number of pyridine rings is 1. The summed E-state index contributed by atoms with van der Waals surface area (Å²) in [5.41, 5.74) is -0.161. The molecule has 1 aromatic rings. The molecule has 1 rings (SSSR count). The zero-order chi connectivity index (χ0) is 14.5. The summed E-state index contributed by atoms with van der Waals surface area (Å²) < 4.78 is 0. The molecule has 3 N–H and O–H groups in total.